The minimum atomic E-state index is -0.432. The number of rotatable bonds is 8. The molecule has 0 fully saturated rings. The van der Waals surface area contributed by atoms with E-state index in [1.54, 1.807) is 36.4 Å². The van der Waals surface area contributed by atoms with Gasteiger partial charge in [0.15, 0.2) is 11.5 Å². The molecule has 2 rings (SSSR count). The second-order valence-electron chi connectivity index (χ2n) is 5.72. The Kier molecular flexibility index (Phi) is 8.07. The van der Waals surface area contributed by atoms with Gasteiger partial charge in [0.05, 0.1) is 17.8 Å². The number of halogens is 1. The quantitative estimate of drug-likeness (QED) is 0.394. The molecular formula is C21H20ClN3O4. The van der Waals surface area contributed by atoms with Crippen molar-refractivity contribution in [2.24, 2.45) is 5.10 Å². The van der Waals surface area contributed by atoms with E-state index in [0.29, 0.717) is 39.9 Å². The first-order valence-electron chi connectivity index (χ1n) is 8.68. The number of hydrogen-bond donors (Lipinski definition) is 2. The van der Waals surface area contributed by atoms with E-state index in [2.05, 4.69) is 21.8 Å². The molecule has 0 unspecified atom stereocenters. The number of nitrogens with one attached hydrogen (secondary N) is 2. The number of carbonyl (C=O) groups is 2. The molecule has 0 heterocycles. The van der Waals surface area contributed by atoms with Crippen molar-refractivity contribution in [3.8, 4) is 23.8 Å². The lowest BCUT2D eigenvalue weighted by molar-refractivity contribution is -0.114. The van der Waals surface area contributed by atoms with Gasteiger partial charge in [0.2, 0.25) is 5.91 Å². The van der Waals surface area contributed by atoms with E-state index in [9.17, 15) is 9.59 Å². The average molecular weight is 414 g/mol. The first-order valence-corrected chi connectivity index (χ1v) is 9.06. The van der Waals surface area contributed by atoms with Crippen LogP contribution in [0, 0.1) is 12.3 Å². The van der Waals surface area contributed by atoms with Crippen LogP contribution in [0.2, 0.25) is 5.02 Å². The minimum Gasteiger partial charge on any atom is -0.490 e. The molecule has 0 saturated carbocycles. The van der Waals surface area contributed by atoms with Crippen LogP contribution in [0.5, 0.6) is 11.5 Å². The maximum Gasteiger partial charge on any atom is 0.271 e. The highest BCUT2D eigenvalue weighted by Gasteiger charge is 2.12. The number of terminal acetylenes is 1. The Labute approximate surface area is 174 Å². The Morgan fingerprint density at radius 3 is 2.76 bits per heavy atom. The van der Waals surface area contributed by atoms with Crippen LogP contribution in [0.4, 0.5) is 5.69 Å². The molecule has 0 saturated heterocycles. The van der Waals surface area contributed by atoms with Gasteiger partial charge in [-0.15, -0.1) is 6.42 Å². The SMILES string of the molecule is C#CCOc1c(Cl)cc(/C=N\NC(=O)c2cccc(NC(C)=O)c2)cc1OCC. The highest BCUT2D eigenvalue weighted by atomic mass is 35.5. The third-order valence-electron chi connectivity index (χ3n) is 3.46. The van der Waals surface area contributed by atoms with Crippen molar-refractivity contribution in [2.45, 2.75) is 13.8 Å². The summed E-state index contributed by atoms with van der Waals surface area (Å²) in [5.41, 5.74) is 3.89. The van der Waals surface area contributed by atoms with E-state index in [4.69, 9.17) is 27.5 Å². The normalized spacial score (nSPS) is 10.3. The van der Waals surface area contributed by atoms with Crippen LogP contribution < -0.4 is 20.2 Å². The summed E-state index contributed by atoms with van der Waals surface area (Å²) in [5.74, 6) is 2.49. The summed E-state index contributed by atoms with van der Waals surface area (Å²) in [6.07, 6.45) is 6.64. The van der Waals surface area contributed by atoms with Gasteiger partial charge in [-0.2, -0.15) is 5.10 Å². The summed E-state index contributed by atoms with van der Waals surface area (Å²) in [6.45, 7) is 3.68. The fourth-order valence-electron chi connectivity index (χ4n) is 2.35. The third-order valence-corrected chi connectivity index (χ3v) is 3.74. The summed E-state index contributed by atoms with van der Waals surface area (Å²) in [7, 11) is 0. The predicted octanol–water partition coefficient (Wildman–Crippen LogP) is 3.47. The molecule has 0 aliphatic heterocycles. The summed E-state index contributed by atoms with van der Waals surface area (Å²) in [4.78, 5) is 23.4. The standard InChI is InChI=1S/C21H20ClN3O4/c1-4-9-29-20-18(22)10-15(11-19(20)28-5-2)13-23-25-21(27)16-7-6-8-17(12-16)24-14(3)26/h1,6-8,10-13H,5,9H2,2-3H3,(H,24,26)(H,25,27)/b23-13-. The van der Waals surface area contributed by atoms with Crippen LogP contribution in [0.15, 0.2) is 41.5 Å². The van der Waals surface area contributed by atoms with E-state index >= 15 is 0 Å². The molecule has 0 aliphatic rings. The lowest BCUT2D eigenvalue weighted by Gasteiger charge is -2.12. The number of anilines is 1. The highest BCUT2D eigenvalue weighted by Crippen LogP contribution is 2.36. The number of hydrogen-bond acceptors (Lipinski definition) is 5. The van der Waals surface area contributed by atoms with Crippen LogP contribution in [-0.4, -0.2) is 31.2 Å². The lowest BCUT2D eigenvalue weighted by atomic mass is 10.2. The van der Waals surface area contributed by atoms with Crippen LogP contribution in [0.3, 0.4) is 0 Å². The number of benzene rings is 2. The second kappa shape index (κ2) is 10.7. The van der Waals surface area contributed by atoms with Crippen molar-refractivity contribution >= 4 is 35.3 Å². The Hall–Kier alpha value is -3.50. The number of carbonyl (C=O) groups excluding carboxylic acids is 2. The van der Waals surface area contributed by atoms with Crippen molar-refractivity contribution < 1.29 is 19.1 Å². The Bertz CT molecular complexity index is 967. The molecule has 0 aliphatic carbocycles. The molecule has 7 nitrogen and oxygen atoms in total. The predicted molar refractivity (Wildman–Crippen MR) is 113 cm³/mol. The van der Waals surface area contributed by atoms with Gasteiger partial charge in [-0.25, -0.2) is 5.43 Å². The molecule has 0 bridgehead atoms. The molecule has 0 radical (unpaired) electrons. The molecule has 0 atom stereocenters. The van der Waals surface area contributed by atoms with Crippen molar-refractivity contribution in [1.82, 2.24) is 5.43 Å². The molecular weight excluding hydrogens is 394 g/mol. The Balaban J connectivity index is 2.12. The summed E-state index contributed by atoms with van der Waals surface area (Å²) in [6, 6.07) is 9.79. The fraction of sp³-hybridized carbons (Fsp3) is 0.190. The molecule has 8 heteroatoms. The smallest absolute Gasteiger partial charge is 0.271 e. The Morgan fingerprint density at radius 2 is 2.07 bits per heavy atom. The lowest BCUT2D eigenvalue weighted by Crippen LogP contribution is -2.18. The van der Waals surface area contributed by atoms with Gasteiger partial charge in [-0.3, -0.25) is 9.59 Å². The molecule has 0 aromatic heterocycles. The summed E-state index contributed by atoms with van der Waals surface area (Å²) >= 11 is 6.25. The minimum absolute atomic E-state index is 0.0564. The van der Waals surface area contributed by atoms with Gasteiger partial charge >= 0.3 is 0 Å². The summed E-state index contributed by atoms with van der Waals surface area (Å²) in [5, 5.41) is 6.87. The zero-order valence-electron chi connectivity index (χ0n) is 16.0. The number of ether oxygens (including phenoxy) is 2. The molecule has 2 N–H and O–H groups in total. The second-order valence-corrected chi connectivity index (χ2v) is 6.12. The van der Waals surface area contributed by atoms with Crippen molar-refractivity contribution in [2.75, 3.05) is 18.5 Å². The molecule has 0 spiro atoms. The Morgan fingerprint density at radius 1 is 1.28 bits per heavy atom. The van der Waals surface area contributed by atoms with Gasteiger partial charge in [0, 0.05) is 18.2 Å². The third kappa shape index (κ3) is 6.55. The number of nitrogens with zero attached hydrogens (tertiary/aromatic N) is 1. The van der Waals surface area contributed by atoms with E-state index in [1.807, 2.05) is 6.92 Å². The zero-order chi connectivity index (χ0) is 21.2. The van der Waals surface area contributed by atoms with Gasteiger partial charge < -0.3 is 14.8 Å². The monoisotopic (exact) mass is 413 g/mol. The largest absolute Gasteiger partial charge is 0.490 e. The van der Waals surface area contributed by atoms with Crippen LogP contribution in [-0.2, 0) is 4.79 Å². The van der Waals surface area contributed by atoms with E-state index in [0.717, 1.165) is 0 Å². The van der Waals surface area contributed by atoms with Gasteiger partial charge in [-0.05, 0) is 42.8 Å². The molecule has 2 amide bonds. The van der Waals surface area contributed by atoms with Crippen LogP contribution in [0.25, 0.3) is 0 Å². The number of hydrazone groups is 1. The maximum absolute atomic E-state index is 12.3. The first-order chi connectivity index (χ1) is 13.9. The maximum atomic E-state index is 12.3. The van der Waals surface area contributed by atoms with Gasteiger partial charge in [0.1, 0.15) is 6.61 Å². The highest BCUT2D eigenvalue weighted by molar-refractivity contribution is 6.32. The summed E-state index contributed by atoms with van der Waals surface area (Å²) < 4.78 is 11.0. The van der Waals surface area contributed by atoms with Gasteiger partial charge in [-0.1, -0.05) is 23.6 Å². The first kappa shape index (κ1) is 21.8. The topological polar surface area (TPSA) is 89.0 Å². The van der Waals surface area contributed by atoms with Crippen LogP contribution >= 0.6 is 11.6 Å². The van der Waals surface area contributed by atoms with Gasteiger partial charge in [0.25, 0.3) is 5.91 Å². The average Bonchev–Trinajstić information content (AvgIpc) is 2.67. The fourth-order valence-corrected chi connectivity index (χ4v) is 2.62. The molecule has 2 aromatic carbocycles. The molecule has 29 heavy (non-hydrogen) atoms. The van der Waals surface area contributed by atoms with Crippen molar-refractivity contribution in [3.63, 3.8) is 0 Å². The number of amides is 2. The van der Waals surface area contributed by atoms with Crippen molar-refractivity contribution in [1.29, 1.82) is 0 Å². The van der Waals surface area contributed by atoms with Crippen LogP contribution in [0.1, 0.15) is 29.8 Å². The van der Waals surface area contributed by atoms with Crippen molar-refractivity contribution in [3.05, 3.63) is 52.5 Å². The molecule has 2 aromatic rings. The van der Waals surface area contributed by atoms with E-state index in [1.165, 1.54) is 13.1 Å². The zero-order valence-corrected chi connectivity index (χ0v) is 16.7. The van der Waals surface area contributed by atoms with E-state index < -0.39 is 5.91 Å². The van der Waals surface area contributed by atoms with E-state index in [-0.39, 0.29) is 12.5 Å². The molecule has 150 valence electrons.